The van der Waals surface area contributed by atoms with Crippen molar-refractivity contribution in [3.05, 3.63) is 48.3 Å². The van der Waals surface area contributed by atoms with E-state index in [1.165, 1.54) is 5.56 Å². The summed E-state index contributed by atoms with van der Waals surface area (Å²) in [5.74, 6) is 2.10. The molecule has 1 fully saturated rings. The van der Waals surface area contributed by atoms with Gasteiger partial charge < -0.3 is 14.6 Å². The monoisotopic (exact) mass is 374 g/mol. The van der Waals surface area contributed by atoms with Gasteiger partial charge in [0.25, 0.3) is 5.91 Å². The van der Waals surface area contributed by atoms with Crippen molar-refractivity contribution < 1.29 is 9.90 Å². The van der Waals surface area contributed by atoms with Crippen LogP contribution in [0.5, 0.6) is 0 Å². The Hall–Kier alpha value is -1.86. The van der Waals surface area contributed by atoms with Gasteiger partial charge in [-0.25, -0.2) is 4.98 Å². The number of carbonyl (C=O) groups excluding carboxylic acids is 1. The molecule has 7 heteroatoms. The van der Waals surface area contributed by atoms with Crippen molar-refractivity contribution in [2.45, 2.75) is 37.8 Å². The highest BCUT2D eigenvalue weighted by molar-refractivity contribution is 7.98. The third kappa shape index (κ3) is 4.65. The van der Waals surface area contributed by atoms with E-state index in [-0.39, 0.29) is 5.91 Å². The summed E-state index contributed by atoms with van der Waals surface area (Å²) in [4.78, 5) is 22.8. The minimum atomic E-state index is -0.868. The Balaban J connectivity index is 1.57. The lowest BCUT2D eigenvalue weighted by atomic mass is 9.95. The van der Waals surface area contributed by atoms with Crippen LogP contribution in [-0.4, -0.2) is 61.7 Å². The Kier molecular flexibility index (Phi) is 6.68. The molecule has 0 aliphatic carbocycles. The maximum absolute atomic E-state index is 12.3. The van der Waals surface area contributed by atoms with E-state index in [1.807, 2.05) is 30.8 Å². The molecule has 3 heterocycles. The molecule has 0 radical (unpaired) electrons. The smallest absolute Gasteiger partial charge is 0.251 e. The highest BCUT2D eigenvalue weighted by atomic mass is 32.2. The minimum Gasteiger partial charge on any atom is -0.383 e. The molecule has 2 aromatic heterocycles. The van der Waals surface area contributed by atoms with Crippen molar-refractivity contribution in [2.24, 2.45) is 0 Å². The predicted molar refractivity (Wildman–Crippen MR) is 103 cm³/mol. The van der Waals surface area contributed by atoms with Crippen LogP contribution < -0.4 is 0 Å². The first-order valence-electron chi connectivity index (χ1n) is 9.04. The van der Waals surface area contributed by atoms with Gasteiger partial charge in [0.15, 0.2) is 0 Å². The Morgan fingerprint density at radius 1 is 1.31 bits per heavy atom. The molecule has 0 bridgehead atoms. The Morgan fingerprint density at radius 2 is 2.04 bits per heavy atom. The van der Waals surface area contributed by atoms with E-state index < -0.39 is 6.10 Å². The topological polar surface area (TPSA) is 71.2 Å². The molecular weight excluding hydrogens is 348 g/mol. The molecule has 1 unspecified atom stereocenters. The number of pyridine rings is 1. The summed E-state index contributed by atoms with van der Waals surface area (Å²) in [7, 11) is 0. The van der Waals surface area contributed by atoms with E-state index in [4.69, 9.17) is 0 Å². The summed E-state index contributed by atoms with van der Waals surface area (Å²) in [6, 6.07) is 4.03. The Morgan fingerprint density at radius 3 is 2.73 bits per heavy atom. The number of rotatable bonds is 7. The fourth-order valence-corrected chi connectivity index (χ4v) is 3.88. The average Bonchev–Trinajstić information content (AvgIpc) is 3.14. The third-order valence-corrected chi connectivity index (χ3v) is 5.55. The predicted octanol–water partition coefficient (Wildman–Crippen LogP) is 2.15. The zero-order valence-corrected chi connectivity index (χ0v) is 15.9. The van der Waals surface area contributed by atoms with Crippen LogP contribution in [0.3, 0.4) is 0 Å². The van der Waals surface area contributed by atoms with Gasteiger partial charge in [-0.1, -0.05) is 0 Å². The van der Waals surface area contributed by atoms with Crippen molar-refractivity contribution in [1.82, 2.24) is 19.4 Å². The number of thioether (sulfide) groups is 1. The van der Waals surface area contributed by atoms with Gasteiger partial charge in [0.2, 0.25) is 0 Å². The van der Waals surface area contributed by atoms with E-state index in [2.05, 4.69) is 14.5 Å². The van der Waals surface area contributed by atoms with Gasteiger partial charge in [-0.15, -0.1) is 0 Å². The second-order valence-corrected chi connectivity index (χ2v) is 7.65. The van der Waals surface area contributed by atoms with Gasteiger partial charge in [-0.2, -0.15) is 11.8 Å². The summed E-state index contributed by atoms with van der Waals surface area (Å²) < 4.78 is 2.19. The van der Waals surface area contributed by atoms with Crippen molar-refractivity contribution in [1.29, 1.82) is 0 Å². The van der Waals surface area contributed by atoms with Crippen molar-refractivity contribution in [3.63, 3.8) is 0 Å². The molecule has 2 aromatic rings. The minimum absolute atomic E-state index is 0.127. The first kappa shape index (κ1) is 18.9. The summed E-state index contributed by atoms with van der Waals surface area (Å²) in [5.41, 5.74) is 1.20. The number of imidazole rings is 1. The van der Waals surface area contributed by atoms with E-state index >= 15 is 0 Å². The molecule has 0 saturated carbocycles. The molecule has 1 amide bonds. The standard InChI is InChI=1S/C19H26N4O2S/c1-26-13-6-17(24)19(25)22-10-4-16(5-11-22)18-21-9-12-23(18)14-15-2-7-20-8-3-15/h2-3,7-9,12,16-17,24H,4-6,10-11,13-14H2,1H3. The van der Waals surface area contributed by atoms with Crippen molar-refractivity contribution in [3.8, 4) is 0 Å². The fraction of sp³-hybridized carbons (Fsp3) is 0.526. The lowest BCUT2D eigenvalue weighted by molar-refractivity contribution is -0.141. The number of aromatic nitrogens is 3. The highest BCUT2D eigenvalue weighted by Gasteiger charge is 2.29. The van der Waals surface area contributed by atoms with E-state index in [0.717, 1.165) is 31.0 Å². The fourth-order valence-electron chi connectivity index (χ4n) is 3.42. The summed E-state index contributed by atoms with van der Waals surface area (Å²) in [6.07, 6.45) is 10.9. The van der Waals surface area contributed by atoms with Crippen LogP contribution in [-0.2, 0) is 11.3 Å². The molecule has 0 aromatic carbocycles. The number of carbonyl (C=O) groups is 1. The number of aliphatic hydroxyl groups excluding tert-OH is 1. The van der Waals surface area contributed by atoms with Crippen LogP contribution in [0.1, 0.15) is 36.6 Å². The quantitative estimate of drug-likeness (QED) is 0.804. The van der Waals surface area contributed by atoms with Crippen LogP contribution in [0.2, 0.25) is 0 Å². The second-order valence-electron chi connectivity index (χ2n) is 6.67. The molecule has 3 rings (SSSR count). The van der Waals surface area contributed by atoms with Gasteiger partial charge in [0.1, 0.15) is 11.9 Å². The molecule has 1 saturated heterocycles. The van der Waals surface area contributed by atoms with Crippen LogP contribution in [0.4, 0.5) is 0 Å². The number of aliphatic hydroxyl groups is 1. The van der Waals surface area contributed by atoms with Gasteiger partial charge in [0.05, 0.1) is 0 Å². The molecule has 1 N–H and O–H groups in total. The molecule has 1 aliphatic rings. The Bertz CT molecular complexity index is 699. The summed E-state index contributed by atoms with van der Waals surface area (Å²) >= 11 is 1.65. The maximum Gasteiger partial charge on any atom is 0.251 e. The number of amides is 1. The first-order valence-corrected chi connectivity index (χ1v) is 10.4. The summed E-state index contributed by atoms with van der Waals surface area (Å²) in [5, 5.41) is 10.0. The average molecular weight is 375 g/mol. The molecule has 1 atom stereocenters. The second kappa shape index (κ2) is 9.19. The van der Waals surface area contributed by atoms with Crippen LogP contribution in [0, 0.1) is 0 Å². The van der Waals surface area contributed by atoms with Gasteiger partial charge >= 0.3 is 0 Å². The zero-order valence-electron chi connectivity index (χ0n) is 15.1. The molecule has 6 nitrogen and oxygen atoms in total. The van der Waals surface area contributed by atoms with E-state index in [9.17, 15) is 9.90 Å². The number of hydrogen-bond donors (Lipinski definition) is 1. The molecule has 0 spiro atoms. The molecule has 26 heavy (non-hydrogen) atoms. The highest BCUT2D eigenvalue weighted by Crippen LogP contribution is 2.27. The largest absolute Gasteiger partial charge is 0.383 e. The molecule has 1 aliphatic heterocycles. The first-order chi connectivity index (χ1) is 12.7. The van der Waals surface area contributed by atoms with E-state index in [0.29, 0.717) is 25.4 Å². The number of nitrogens with zero attached hydrogens (tertiary/aromatic N) is 4. The number of likely N-dealkylation sites (tertiary alicyclic amines) is 1. The van der Waals surface area contributed by atoms with Gasteiger partial charge in [-0.3, -0.25) is 9.78 Å². The van der Waals surface area contributed by atoms with Crippen LogP contribution >= 0.6 is 11.8 Å². The molecule has 140 valence electrons. The summed E-state index contributed by atoms with van der Waals surface area (Å²) in [6.45, 7) is 2.15. The maximum atomic E-state index is 12.3. The number of hydrogen-bond acceptors (Lipinski definition) is 5. The molecular formula is C19H26N4O2S. The van der Waals surface area contributed by atoms with Gasteiger partial charge in [0, 0.05) is 50.3 Å². The Labute approximate surface area is 158 Å². The lowest BCUT2D eigenvalue weighted by Crippen LogP contribution is -2.44. The normalized spacial score (nSPS) is 16.6. The lowest BCUT2D eigenvalue weighted by Gasteiger charge is -2.33. The van der Waals surface area contributed by atoms with Crippen LogP contribution in [0.25, 0.3) is 0 Å². The van der Waals surface area contributed by atoms with E-state index in [1.54, 1.807) is 29.1 Å². The zero-order chi connectivity index (χ0) is 18.4. The van der Waals surface area contributed by atoms with Crippen LogP contribution in [0.15, 0.2) is 36.9 Å². The van der Waals surface area contributed by atoms with Gasteiger partial charge in [-0.05, 0) is 49.0 Å². The SMILES string of the molecule is CSCCC(O)C(=O)N1CCC(c2nccn2Cc2ccncc2)CC1. The third-order valence-electron chi connectivity index (χ3n) is 4.90. The number of piperidine rings is 1. The van der Waals surface area contributed by atoms with Crippen molar-refractivity contribution >= 4 is 17.7 Å². The van der Waals surface area contributed by atoms with Crippen molar-refractivity contribution in [2.75, 3.05) is 25.1 Å².